The number of aliphatic hydroxyl groups excluding tert-OH is 2. The van der Waals surface area contributed by atoms with Gasteiger partial charge in [-0.15, -0.1) is 0 Å². The van der Waals surface area contributed by atoms with Gasteiger partial charge in [-0.05, 0) is 50.0 Å². The monoisotopic (exact) mass is 373 g/mol. The standard InChI is InChI=1S/C22H31NO4/c1-4-23(27)10-20(3)6-5-16(25)22-15-7-14(24)12-8-21(15,19(26)11(12)2)9-13(17(20)22)18(22)23/h12-13,15-19,25-26H,2,4-10H2,1,3H3. The Hall–Kier alpha value is -0.750. The van der Waals surface area contributed by atoms with Gasteiger partial charge in [-0.2, -0.15) is 0 Å². The summed E-state index contributed by atoms with van der Waals surface area (Å²) in [6, 6.07) is -0.100. The summed E-state index contributed by atoms with van der Waals surface area (Å²) in [5.41, 5.74) is -0.198. The van der Waals surface area contributed by atoms with E-state index in [0.29, 0.717) is 37.4 Å². The molecule has 7 fully saturated rings. The zero-order chi connectivity index (χ0) is 19.1. The molecule has 7 aliphatic rings. The van der Waals surface area contributed by atoms with E-state index in [1.165, 1.54) is 0 Å². The van der Waals surface area contributed by atoms with Crippen molar-refractivity contribution in [2.75, 3.05) is 13.1 Å². The molecule has 5 nitrogen and oxygen atoms in total. The number of ketones is 1. The second-order valence-electron chi connectivity index (χ2n) is 11.1. The van der Waals surface area contributed by atoms with Crippen LogP contribution in [-0.2, 0) is 4.79 Å². The van der Waals surface area contributed by atoms with Crippen molar-refractivity contribution < 1.29 is 19.7 Å². The highest BCUT2D eigenvalue weighted by Gasteiger charge is 2.88. The minimum Gasteiger partial charge on any atom is -0.633 e. The molecule has 6 aliphatic carbocycles. The van der Waals surface area contributed by atoms with Gasteiger partial charge in [0.05, 0.1) is 30.7 Å². The summed E-state index contributed by atoms with van der Waals surface area (Å²) in [7, 11) is 0. The van der Waals surface area contributed by atoms with E-state index in [2.05, 4.69) is 13.5 Å². The molecule has 5 heteroatoms. The lowest BCUT2D eigenvalue weighted by Crippen LogP contribution is -2.91. The molecule has 1 saturated heterocycles. The maximum absolute atomic E-state index is 14.0. The molecule has 1 aliphatic heterocycles. The summed E-state index contributed by atoms with van der Waals surface area (Å²) in [6.07, 6.45) is 2.38. The smallest absolute Gasteiger partial charge is 0.140 e. The van der Waals surface area contributed by atoms with E-state index in [1.54, 1.807) is 0 Å². The number of hydrogen-bond donors (Lipinski definition) is 2. The van der Waals surface area contributed by atoms with Crippen LogP contribution in [0.3, 0.4) is 0 Å². The molecule has 0 aromatic heterocycles. The van der Waals surface area contributed by atoms with Crippen LogP contribution in [0.25, 0.3) is 0 Å². The molecule has 0 aromatic carbocycles. The fourth-order valence-electron chi connectivity index (χ4n) is 10.1. The van der Waals surface area contributed by atoms with E-state index >= 15 is 0 Å². The zero-order valence-corrected chi connectivity index (χ0v) is 16.4. The van der Waals surface area contributed by atoms with Crippen LogP contribution in [0, 0.1) is 45.1 Å². The first kappa shape index (κ1) is 17.1. The number of aliphatic hydroxyl groups is 2. The van der Waals surface area contributed by atoms with E-state index < -0.39 is 17.6 Å². The molecule has 11 unspecified atom stereocenters. The average molecular weight is 373 g/mol. The topological polar surface area (TPSA) is 80.6 Å². The summed E-state index contributed by atoms with van der Waals surface area (Å²) in [4.78, 5) is 13.0. The molecule has 1 heterocycles. The SMILES string of the molecule is C=C1C2CC3(CC4C5C6(C)CCC(O)C5(C3CC2=O)C4[N+]([O-])(CC)C6)C1O. The first-order valence-electron chi connectivity index (χ1n) is 10.8. The third kappa shape index (κ3) is 1.47. The summed E-state index contributed by atoms with van der Waals surface area (Å²) >= 11 is 0. The first-order valence-corrected chi connectivity index (χ1v) is 10.8. The Kier molecular flexibility index (Phi) is 2.88. The second kappa shape index (κ2) is 4.53. The quantitative estimate of drug-likeness (QED) is 0.419. The van der Waals surface area contributed by atoms with E-state index in [4.69, 9.17) is 0 Å². The maximum Gasteiger partial charge on any atom is 0.140 e. The molecule has 0 amide bonds. The van der Waals surface area contributed by atoms with Crippen molar-refractivity contribution in [1.82, 2.24) is 0 Å². The second-order valence-corrected chi connectivity index (χ2v) is 11.1. The van der Waals surface area contributed by atoms with Gasteiger partial charge >= 0.3 is 0 Å². The predicted octanol–water partition coefficient (Wildman–Crippen LogP) is 2.01. The van der Waals surface area contributed by atoms with Crippen molar-refractivity contribution in [3.8, 4) is 0 Å². The van der Waals surface area contributed by atoms with Crippen LogP contribution >= 0.6 is 0 Å². The number of nitrogens with zero attached hydrogens (tertiary/aromatic N) is 1. The Labute approximate surface area is 160 Å². The molecule has 7 rings (SSSR count). The summed E-state index contributed by atoms with van der Waals surface area (Å²) < 4.78 is -0.212. The molecular weight excluding hydrogens is 342 g/mol. The maximum atomic E-state index is 14.0. The normalized spacial score (nSPS) is 65.6. The number of hydrogen-bond acceptors (Lipinski definition) is 4. The third-order valence-corrected chi connectivity index (χ3v) is 10.5. The molecular formula is C22H31NO4. The minimum atomic E-state index is -0.657. The van der Waals surface area contributed by atoms with Crippen LogP contribution in [0.2, 0.25) is 0 Å². The van der Waals surface area contributed by atoms with Crippen LogP contribution in [-0.4, -0.2) is 52.0 Å². The molecule has 6 saturated carbocycles. The van der Waals surface area contributed by atoms with E-state index in [9.17, 15) is 20.2 Å². The highest BCUT2D eigenvalue weighted by molar-refractivity contribution is 5.87. The number of hydroxylamine groups is 3. The van der Waals surface area contributed by atoms with Gasteiger partial charge in [-0.3, -0.25) is 4.79 Å². The fraction of sp³-hybridized carbons (Fsp3) is 0.864. The minimum absolute atomic E-state index is 0.0571. The van der Waals surface area contributed by atoms with Crippen LogP contribution < -0.4 is 0 Å². The number of carbonyl (C=O) groups is 1. The lowest BCUT2D eigenvalue weighted by molar-refractivity contribution is -0.956. The van der Waals surface area contributed by atoms with Gasteiger partial charge in [0.25, 0.3) is 0 Å². The number of quaternary nitrogens is 1. The molecule has 148 valence electrons. The number of carbonyl (C=O) groups excluding carboxylic acids is 1. The highest BCUT2D eigenvalue weighted by Crippen LogP contribution is 2.83. The summed E-state index contributed by atoms with van der Waals surface area (Å²) in [6.45, 7) is 9.50. The van der Waals surface area contributed by atoms with Crippen LogP contribution in [0.4, 0.5) is 0 Å². The van der Waals surface area contributed by atoms with Crippen LogP contribution in [0.5, 0.6) is 0 Å². The van der Waals surface area contributed by atoms with E-state index in [0.717, 1.165) is 19.3 Å². The Morgan fingerprint density at radius 2 is 2.07 bits per heavy atom. The van der Waals surface area contributed by atoms with Gasteiger partial charge in [-0.25, -0.2) is 0 Å². The van der Waals surface area contributed by atoms with Crippen molar-refractivity contribution in [2.24, 2.45) is 39.9 Å². The highest BCUT2D eigenvalue weighted by atomic mass is 16.5. The van der Waals surface area contributed by atoms with Gasteiger partial charge in [-0.1, -0.05) is 13.5 Å². The molecule has 27 heavy (non-hydrogen) atoms. The van der Waals surface area contributed by atoms with Gasteiger partial charge in [0.2, 0.25) is 0 Å². The first-order chi connectivity index (χ1) is 12.7. The Morgan fingerprint density at radius 1 is 1.33 bits per heavy atom. The lowest BCUT2D eigenvalue weighted by atomic mass is 9.24. The van der Waals surface area contributed by atoms with Crippen molar-refractivity contribution in [2.45, 2.75) is 64.2 Å². The molecule has 11 atom stereocenters. The van der Waals surface area contributed by atoms with Crippen LogP contribution in [0.1, 0.15) is 46.0 Å². The number of rotatable bonds is 1. The number of piperidine rings is 2. The van der Waals surface area contributed by atoms with Gasteiger partial charge in [0, 0.05) is 29.1 Å². The molecule has 2 N–H and O–H groups in total. The lowest BCUT2D eigenvalue weighted by Gasteiger charge is -2.85. The molecule has 0 radical (unpaired) electrons. The van der Waals surface area contributed by atoms with Crippen molar-refractivity contribution in [1.29, 1.82) is 0 Å². The number of likely N-dealkylation sites (tertiary alicyclic amines) is 1. The summed E-state index contributed by atoms with van der Waals surface area (Å²) in [5.74, 6) is 0.481. The van der Waals surface area contributed by atoms with Crippen LogP contribution in [0.15, 0.2) is 12.2 Å². The summed E-state index contributed by atoms with van der Waals surface area (Å²) in [5, 5.41) is 36.6. The number of Topliss-reactive ketones (excluding diaryl/α,β-unsaturated/α-hetero) is 1. The van der Waals surface area contributed by atoms with Crippen molar-refractivity contribution in [3.05, 3.63) is 17.4 Å². The Balaban J connectivity index is 1.58. The molecule has 0 aromatic rings. The Morgan fingerprint density at radius 3 is 2.78 bits per heavy atom. The van der Waals surface area contributed by atoms with E-state index in [1.807, 2.05) is 6.92 Å². The molecule has 7 bridgehead atoms. The van der Waals surface area contributed by atoms with Gasteiger partial charge in [0.1, 0.15) is 11.8 Å². The number of fused-ring (bicyclic) bond motifs is 1. The molecule has 2 spiro atoms. The van der Waals surface area contributed by atoms with Gasteiger partial charge in [0.15, 0.2) is 0 Å². The van der Waals surface area contributed by atoms with Gasteiger partial charge < -0.3 is 20.1 Å². The van der Waals surface area contributed by atoms with E-state index in [-0.39, 0.29) is 45.1 Å². The van der Waals surface area contributed by atoms with Crippen molar-refractivity contribution >= 4 is 5.78 Å². The van der Waals surface area contributed by atoms with Crippen molar-refractivity contribution in [3.63, 3.8) is 0 Å². The Bertz CT molecular complexity index is 780. The fourth-order valence-corrected chi connectivity index (χ4v) is 10.1. The third-order valence-electron chi connectivity index (χ3n) is 10.5. The average Bonchev–Trinajstić information content (AvgIpc) is 2.81. The largest absolute Gasteiger partial charge is 0.633 e. The zero-order valence-electron chi connectivity index (χ0n) is 16.4. The predicted molar refractivity (Wildman–Crippen MR) is 99.0 cm³/mol.